The largest absolute Gasteiger partial charge is 0.493 e. The summed E-state index contributed by atoms with van der Waals surface area (Å²) in [5.41, 5.74) is 6.09. The minimum atomic E-state index is -3.04. The Bertz CT molecular complexity index is 2180. The molecule has 304 valence electrons. The van der Waals surface area contributed by atoms with Crippen molar-refractivity contribution in [3.63, 3.8) is 0 Å². The van der Waals surface area contributed by atoms with Gasteiger partial charge in [0.25, 0.3) is 8.32 Å². The Morgan fingerprint density at radius 1 is 0.897 bits per heavy atom. The highest BCUT2D eigenvalue weighted by atomic mass is 28.4. The molecule has 4 aromatic carbocycles. The maximum absolute atomic E-state index is 11.4. The Labute approximate surface area is 343 Å². The minimum absolute atomic E-state index is 0.0707. The van der Waals surface area contributed by atoms with Crippen LogP contribution in [0.5, 0.6) is 28.7 Å². The Kier molecular flexibility index (Phi) is 10.8. The molecular weight excluding hydrogens is 747 g/mol. The molecule has 2 bridgehead atoms. The van der Waals surface area contributed by atoms with Gasteiger partial charge in [-0.2, -0.15) is 5.26 Å². The summed E-state index contributed by atoms with van der Waals surface area (Å²) in [6, 6.07) is 25.1. The highest BCUT2D eigenvalue weighted by Gasteiger charge is 2.58. The van der Waals surface area contributed by atoms with Crippen molar-refractivity contribution < 1.29 is 32.8 Å². The van der Waals surface area contributed by atoms with Crippen LogP contribution in [0.2, 0.25) is 5.04 Å². The monoisotopic (exact) mass is 801 g/mol. The van der Waals surface area contributed by atoms with E-state index in [1.165, 1.54) is 10.4 Å². The molecule has 8 rings (SSSR count). The Morgan fingerprint density at radius 2 is 1.57 bits per heavy atom. The standard InChI is InChI=1S/C47H55N3O7Si/c1-10-21-53-43-30(3)44-46(56-28-55-44)40-34(43)24-36-41-39-31(22-29(2)42(52-9)45(39)54-27-51-8)23-35(49(41)7)37(25-48)50(36)38(40)26-57-58(47(4,5)6,32-17-13-11-14-18-32)33-19-15-12-16-20-33/h10-20,22,35-38,41H,1,21,23-24,26-28H2,2-9H3/t35?,36?,37?,38-,41-/m0/s1. The van der Waals surface area contributed by atoms with E-state index in [4.69, 9.17) is 32.8 Å². The van der Waals surface area contributed by atoms with Crippen molar-refractivity contribution in [2.24, 2.45) is 0 Å². The summed E-state index contributed by atoms with van der Waals surface area (Å²) in [5.74, 6) is 3.52. The molecule has 0 amide bonds. The molecule has 4 heterocycles. The summed E-state index contributed by atoms with van der Waals surface area (Å²) in [5, 5.41) is 13.5. The number of fused-ring (bicyclic) bond motifs is 9. The van der Waals surface area contributed by atoms with E-state index in [-0.39, 0.29) is 36.7 Å². The van der Waals surface area contributed by atoms with Gasteiger partial charge in [0, 0.05) is 41.4 Å². The second kappa shape index (κ2) is 15.7. The summed E-state index contributed by atoms with van der Waals surface area (Å²) in [7, 11) is 2.42. The smallest absolute Gasteiger partial charge is 0.261 e. The van der Waals surface area contributed by atoms with Gasteiger partial charge in [-0.25, -0.2) is 0 Å². The van der Waals surface area contributed by atoms with Crippen LogP contribution in [0.4, 0.5) is 0 Å². The number of likely N-dealkylation sites (N-methyl/N-ethyl adjacent to an activating group) is 1. The second-order valence-electron chi connectivity index (χ2n) is 16.9. The van der Waals surface area contributed by atoms with Gasteiger partial charge in [-0.1, -0.05) is 100 Å². The fourth-order valence-corrected chi connectivity index (χ4v) is 15.1. The number of piperazine rings is 1. The third-order valence-corrected chi connectivity index (χ3v) is 17.8. The fraction of sp³-hybridized carbons (Fsp3) is 0.426. The highest BCUT2D eigenvalue weighted by molar-refractivity contribution is 6.99. The van der Waals surface area contributed by atoms with Crippen molar-refractivity contribution in [1.82, 2.24) is 9.80 Å². The van der Waals surface area contributed by atoms with Crippen LogP contribution in [0.25, 0.3) is 0 Å². The zero-order chi connectivity index (χ0) is 40.9. The normalized spacial score (nSPS) is 22.3. The summed E-state index contributed by atoms with van der Waals surface area (Å²) >= 11 is 0. The van der Waals surface area contributed by atoms with Crippen LogP contribution in [-0.2, 0) is 22.0 Å². The van der Waals surface area contributed by atoms with Crippen LogP contribution >= 0.6 is 0 Å². The number of rotatable bonds is 12. The number of nitriles is 1. The Balaban J connectivity index is 1.38. The summed E-state index contributed by atoms with van der Waals surface area (Å²) in [4.78, 5) is 4.83. The van der Waals surface area contributed by atoms with E-state index < -0.39 is 20.4 Å². The van der Waals surface area contributed by atoms with Crippen molar-refractivity contribution in [2.45, 2.75) is 82.7 Å². The first-order valence-electron chi connectivity index (χ1n) is 20.2. The molecule has 58 heavy (non-hydrogen) atoms. The molecule has 0 radical (unpaired) electrons. The molecule has 4 aromatic rings. The fourth-order valence-electron chi connectivity index (χ4n) is 10.5. The van der Waals surface area contributed by atoms with Gasteiger partial charge in [-0.05, 0) is 60.3 Å². The predicted octanol–water partition coefficient (Wildman–Crippen LogP) is 6.94. The Hall–Kier alpha value is -4.83. The van der Waals surface area contributed by atoms with Gasteiger partial charge in [-0.15, -0.1) is 0 Å². The molecule has 1 fully saturated rings. The average Bonchev–Trinajstić information content (AvgIpc) is 3.71. The van der Waals surface area contributed by atoms with Crippen molar-refractivity contribution in [3.05, 3.63) is 113 Å². The lowest BCUT2D eigenvalue weighted by atomic mass is 9.71. The van der Waals surface area contributed by atoms with Crippen molar-refractivity contribution in [2.75, 3.05) is 48.1 Å². The third kappa shape index (κ3) is 6.20. The summed E-state index contributed by atoms with van der Waals surface area (Å²) in [6.45, 7) is 15.7. The van der Waals surface area contributed by atoms with Gasteiger partial charge >= 0.3 is 0 Å². The lowest BCUT2D eigenvalue weighted by molar-refractivity contribution is -0.0819. The lowest BCUT2D eigenvalue weighted by Crippen LogP contribution is -2.70. The van der Waals surface area contributed by atoms with Crippen LogP contribution in [0, 0.1) is 25.2 Å². The molecule has 0 aliphatic carbocycles. The van der Waals surface area contributed by atoms with Crippen LogP contribution in [0.3, 0.4) is 0 Å². The molecule has 3 unspecified atom stereocenters. The number of ether oxygens (including phenoxy) is 6. The van der Waals surface area contributed by atoms with Crippen molar-refractivity contribution >= 4 is 18.7 Å². The van der Waals surface area contributed by atoms with Gasteiger partial charge < -0.3 is 32.8 Å². The van der Waals surface area contributed by atoms with E-state index in [1.54, 1.807) is 20.3 Å². The van der Waals surface area contributed by atoms with Gasteiger partial charge in [0.1, 0.15) is 18.4 Å². The molecule has 10 nitrogen and oxygen atoms in total. The number of hydrogen-bond acceptors (Lipinski definition) is 10. The zero-order valence-electron chi connectivity index (χ0n) is 35.0. The molecular formula is C47H55N3O7Si. The van der Waals surface area contributed by atoms with E-state index in [0.717, 1.165) is 39.1 Å². The number of aryl methyl sites for hydroxylation is 1. The van der Waals surface area contributed by atoms with E-state index in [2.05, 4.69) is 117 Å². The van der Waals surface area contributed by atoms with E-state index >= 15 is 0 Å². The molecule has 0 spiro atoms. The van der Waals surface area contributed by atoms with Crippen LogP contribution < -0.4 is 34.1 Å². The van der Waals surface area contributed by atoms with Gasteiger partial charge in [0.15, 0.2) is 29.8 Å². The quantitative estimate of drug-likeness (QED) is 0.0853. The molecule has 4 aliphatic heterocycles. The number of benzene rings is 4. The molecule has 5 atom stereocenters. The maximum atomic E-state index is 11.4. The number of methoxy groups -OCH3 is 2. The minimum Gasteiger partial charge on any atom is -0.493 e. The Morgan fingerprint density at radius 3 is 2.17 bits per heavy atom. The first-order chi connectivity index (χ1) is 28.0. The second-order valence-corrected chi connectivity index (χ2v) is 21.2. The molecule has 4 aliphatic rings. The zero-order valence-corrected chi connectivity index (χ0v) is 36.0. The summed E-state index contributed by atoms with van der Waals surface area (Å²) in [6.07, 6.45) is 3.01. The number of hydrogen-bond donors (Lipinski definition) is 0. The van der Waals surface area contributed by atoms with E-state index in [0.29, 0.717) is 49.1 Å². The van der Waals surface area contributed by atoms with Crippen molar-refractivity contribution in [1.29, 1.82) is 5.26 Å². The van der Waals surface area contributed by atoms with E-state index in [9.17, 15) is 5.26 Å². The summed E-state index contributed by atoms with van der Waals surface area (Å²) < 4.78 is 45.1. The van der Waals surface area contributed by atoms with Crippen LogP contribution in [0.15, 0.2) is 79.4 Å². The van der Waals surface area contributed by atoms with Crippen molar-refractivity contribution in [3.8, 4) is 34.8 Å². The molecule has 11 heteroatoms. The average molecular weight is 802 g/mol. The molecule has 0 aromatic heterocycles. The lowest BCUT2D eigenvalue weighted by Gasteiger charge is -2.60. The highest BCUT2D eigenvalue weighted by Crippen LogP contribution is 2.59. The van der Waals surface area contributed by atoms with Gasteiger partial charge in [0.2, 0.25) is 6.79 Å². The first kappa shape index (κ1) is 40.0. The maximum Gasteiger partial charge on any atom is 0.261 e. The topological polar surface area (TPSA) is 94.9 Å². The van der Waals surface area contributed by atoms with Crippen LogP contribution in [-0.4, -0.2) is 84.3 Å². The SMILES string of the molecule is C=CCOc1c(C)c2c(c3c1CC1[C@H]4c5c(cc(C)c(OC)c5OCOC)CC(C(C#N)N1[C@H]3CO[Si](c1ccccc1)(c1ccccc1)C(C)(C)C)N4C)OCO2. The molecule has 0 N–H and O–H groups in total. The number of nitrogens with zero attached hydrogens (tertiary/aromatic N) is 3. The molecule has 0 saturated carbocycles. The van der Waals surface area contributed by atoms with Gasteiger partial charge in [0.05, 0.1) is 31.9 Å². The van der Waals surface area contributed by atoms with Gasteiger partial charge in [-0.3, -0.25) is 9.80 Å². The first-order valence-corrected chi connectivity index (χ1v) is 22.1. The van der Waals surface area contributed by atoms with E-state index in [1.807, 2.05) is 13.8 Å². The molecule has 1 saturated heterocycles. The third-order valence-electron chi connectivity index (χ3n) is 12.8. The predicted molar refractivity (Wildman–Crippen MR) is 226 cm³/mol. The van der Waals surface area contributed by atoms with Crippen LogP contribution in [0.1, 0.15) is 66.2 Å².